The molecule has 0 unspecified atom stereocenters. The van der Waals surface area contributed by atoms with Crippen LogP contribution in [0.25, 0.3) is 0 Å². The van der Waals surface area contributed by atoms with E-state index in [-0.39, 0.29) is 12.4 Å². The third-order valence-corrected chi connectivity index (χ3v) is 3.83. The maximum Gasteiger partial charge on any atom is 0.407 e. The van der Waals surface area contributed by atoms with Crippen LogP contribution in [0.15, 0.2) is 46.9 Å². The van der Waals surface area contributed by atoms with Gasteiger partial charge in [-0.1, -0.05) is 30.3 Å². The molecule has 23 heavy (non-hydrogen) atoms. The van der Waals surface area contributed by atoms with E-state index in [2.05, 4.69) is 5.32 Å². The fraction of sp³-hybridized carbons (Fsp3) is 0.250. The number of nitrogens with one attached hydrogen (secondary N) is 1. The average molecular weight is 335 g/mol. The van der Waals surface area contributed by atoms with E-state index in [0.29, 0.717) is 23.8 Å². The highest BCUT2D eigenvalue weighted by atomic mass is 32.2. The number of ether oxygens (including phenoxy) is 1. The van der Waals surface area contributed by atoms with Crippen molar-refractivity contribution in [3.63, 3.8) is 0 Å². The van der Waals surface area contributed by atoms with E-state index in [0.717, 1.165) is 5.56 Å². The fourth-order valence-corrected chi connectivity index (χ4v) is 2.49. The first-order valence-electron chi connectivity index (χ1n) is 6.99. The summed E-state index contributed by atoms with van der Waals surface area (Å²) in [7, 11) is 0. The molecular weight excluding hydrogens is 318 g/mol. The number of alkyl carbamates (subject to hydrolysis) is 1. The van der Waals surface area contributed by atoms with E-state index in [1.165, 1.54) is 17.8 Å². The van der Waals surface area contributed by atoms with Crippen molar-refractivity contribution in [2.24, 2.45) is 0 Å². The molecule has 2 rings (SSSR count). The minimum Gasteiger partial charge on any atom is -0.475 e. The Morgan fingerprint density at radius 1 is 1.17 bits per heavy atom. The molecule has 0 atom stereocenters. The van der Waals surface area contributed by atoms with Crippen molar-refractivity contribution < 1.29 is 23.8 Å². The van der Waals surface area contributed by atoms with Crippen LogP contribution < -0.4 is 5.32 Å². The number of carbonyl (C=O) groups is 2. The number of hydrogen-bond donors (Lipinski definition) is 2. The van der Waals surface area contributed by atoms with Crippen molar-refractivity contribution in [2.45, 2.75) is 12.4 Å². The van der Waals surface area contributed by atoms with Crippen molar-refractivity contribution in [2.75, 3.05) is 12.3 Å². The van der Waals surface area contributed by atoms with E-state index in [1.54, 1.807) is 6.07 Å². The van der Waals surface area contributed by atoms with Gasteiger partial charge in [0.1, 0.15) is 12.4 Å². The van der Waals surface area contributed by atoms with Crippen LogP contribution in [0.1, 0.15) is 21.9 Å². The van der Waals surface area contributed by atoms with Crippen LogP contribution in [0, 0.1) is 0 Å². The monoisotopic (exact) mass is 335 g/mol. The number of furan rings is 1. The molecule has 0 spiro atoms. The lowest BCUT2D eigenvalue weighted by atomic mass is 10.2. The lowest BCUT2D eigenvalue weighted by Gasteiger charge is -2.06. The molecular formula is C16H17NO5S. The largest absolute Gasteiger partial charge is 0.475 e. The second-order valence-electron chi connectivity index (χ2n) is 4.61. The molecule has 0 aliphatic rings. The zero-order chi connectivity index (χ0) is 16.5. The first kappa shape index (κ1) is 17.0. The fourth-order valence-electron chi connectivity index (χ4n) is 1.74. The van der Waals surface area contributed by atoms with Crippen LogP contribution >= 0.6 is 11.8 Å². The molecule has 0 aliphatic carbocycles. The van der Waals surface area contributed by atoms with Crippen LogP contribution in [-0.4, -0.2) is 29.5 Å². The number of amides is 1. The van der Waals surface area contributed by atoms with Gasteiger partial charge >= 0.3 is 12.1 Å². The Balaban J connectivity index is 1.56. The summed E-state index contributed by atoms with van der Waals surface area (Å²) in [5.74, 6) is 0.670. The summed E-state index contributed by atoms with van der Waals surface area (Å²) < 4.78 is 10.2. The number of hydrogen-bond acceptors (Lipinski definition) is 5. The Morgan fingerprint density at radius 3 is 2.65 bits per heavy atom. The van der Waals surface area contributed by atoms with Crippen LogP contribution in [0.3, 0.4) is 0 Å². The molecule has 6 nitrogen and oxygen atoms in total. The predicted octanol–water partition coefficient (Wildman–Crippen LogP) is 3.14. The zero-order valence-electron chi connectivity index (χ0n) is 12.4. The summed E-state index contributed by atoms with van der Waals surface area (Å²) in [5, 5.41) is 11.4. The van der Waals surface area contributed by atoms with Gasteiger partial charge in [-0.15, -0.1) is 0 Å². The predicted molar refractivity (Wildman–Crippen MR) is 86.5 cm³/mol. The molecule has 1 heterocycles. The first-order chi connectivity index (χ1) is 11.1. The Bertz CT molecular complexity index is 641. The minimum absolute atomic E-state index is 0.0665. The third kappa shape index (κ3) is 6.07. The van der Waals surface area contributed by atoms with Gasteiger partial charge in [0, 0.05) is 12.3 Å². The smallest absolute Gasteiger partial charge is 0.407 e. The molecule has 0 fully saturated rings. The topological polar surface area (TPSA) is 88.8 Å². The number of benzene rings is 1. The maximum absolute atomic E-state index is 11.5. The van der Waals surface area contributed by atoms with Gasteiger partial charge in [0.2, 0.25) is 5.76 Å². The summed E-state index contributed by atoms with van der Waals surface area (Å²) in [5.41, 5.74) is 0.934. The highest BCUT2D eigenvalue weighted by Crippen LogP contribution is 2.15. The van der Waals surface area contributed by atoms with Crippen molar-refractivity contribution in [1.29, 1.82) is 0 Å². The molecule has 0 aliphatic heterocycles. The maximum atomic E-state index is 11.5. The molecule has 122 valence electrons. The number of carboxylic acids is 1. The standard InChI is InChI=1S/C16H17NO5S/c18-15(19)14-7-6-13(22-14)11-23-9-8-17-16(20)21-10-12-4-2-1-3-5-12/h1-7H,8-11H2,(H,17,20)(H,18,19). The van der Waals surface area contributed by atoms with Gasteiger partial charge in [0.05, 0.1) is 5.75 Å². The van der Waals surface area contributed by atoms with Crippen LogP contribution in [0.2, 0.25) is 0 Å². The van der Waals surface area contributed by atoms with Crippen molar-refractivity contribution in [3.8, 4) is 0 Å². The summed E-state index contributed by atoms with van der Waals surface area (Å²) in [6.45, 7) is 0.703. The molecule has 2 aromatic rings. The van der Waals surface area contributed by atoms with Crippen LogP contribution in [0.5, 0.6) is 0 Å². The molecule has 0 bridgehead atoms. The van der Waals surface area contributed by atoms with Crippen molar-refractivity contribution >= 4 is 23.8 Å². The van der Waals surface area contributed by atoms with Gasteiger partial charge in [-0.25, -0.2) is 9.59 Å². The van der Waals surface area contributed by atoms with Gasteiger partial charge in [0.25, 0.3) is 0 Å². The highest BCUT2D eigenvalue weighted by Gasteiger charge is 2.08. The molecule has 1 aromatic carbocycles. The quantitative estimate of drug-likeness (QED) is 0.721. The van der Waals surface area contributed by atoms with E-state index < -0.39 is 12.1 Å². The normalized spacial score (nSPS) is 10.3. The summed E-state index contributed by atoms with van der Waals surface area (Å²) >= 11 is 1.53. The van der Waals surface area contributed by atoms with Crippen molar-refractivity contribution in [3.05, 3.63) is 59.5 Å². The zero-order valence-corrected chi connectivity index (χ0v) is 13.2. The van der Waals surface area contributed by atoms with Gasteiger partial charge in [-0.2, -0.15) is 11.8 Å². The Morgan fingerprint density at radius 2 is 1.96 bits per heavy atom. The second kappa shape index (κ2) is 8.89. The van der Waals surface area contributed by atoms with Gasteiger partial charge in [-0.05, 0) is 17.7 Å². The molecule has 2 N–H and O–H groups in total. The van der Waals surface area contributed by atoms with E-state index in [9.17, 15) is 9.59 Å². The first-order valence-corrected chi connectivity index (χ1v) is 8.15. The van der Waals surface area contributed by atoms with E-state index in [1.807, 2.05) is 30.3 Å². The average Bonchev–Trinajstić information content (AvgIpc) is 3.03. The second-order valence-corrected chi connectivity index (χ2v) is 5.72. The Hall–Kier alpha value is -2.41. The summed E-state index contributed by atoms with van der Waals surface area (Å²) in [6.07, 6.45) is -0.458. The Labute approximate surface area is 137 Å². The molecule has 1 aromatic heterocycles. The number of carboxylic acid groups (broad SMARTS) is 1. The van der Waals surface area contributed by atoms with Gasteiger partial charge < -0.3 is 19.6 Å². The lowest BCUT2D eigenvalue weighted by Crippen LogP contribution is -2.26. The molecule has 0 saturated carbocycles. The number of rotatable bonds is 8. The summed E-state index contributed by atoms with van der Waals surface area (Å²) in [6, 6.07) is 12.5. The van der Waals surface area contributed by atoms with Gasteiger partial charge in [0.15, 0.2) is 0 Å². The van der Waals surface area contributed by atoms with Crippen LogP contribution in [-0.2, 0) is 17.1 Å². The highest BCUT2D eigenvalue weighted by molar-refractivity contribution is 7.98. The Kier molecular flexibility index (Phi) is 6.56. The third-order valence-electron chi connectivity index (χ3n) is 2.85. The molecule has 0 radical (unpaired) electrons. The van der Waals surface area contributed by atoms with Crippen LogP contribution in [0.4, 0.5) is 4.79 Å². The van der Waals surface area contributed by atoms with Gasteiger partial charge in [-0.3, -0.25) is 0 Å². The van der Waals surface area contributed by atoms with E-state index in [4.69, 9.17) is 14.3 Å². The number of thioether (sulfide) groups is 1. The minimum atomic E-state index is -1.08. The number of aromatic carboxylic acids is 1. The summed E-state index contributed by atoms with van der Waals surface area (Å²) in [4.78, 5) is 22.2. The molecule has 0 saturated heterocycles. The molecule has 7 heteroatoms. The molecule has 1 amide bonds. The lowest BCUT2D eigenvalue weighted by molar-refractivity contribution is 0.0660. The van der Waals surface area contributed by atoms with Crippen molar-refractivity contribution in [1.82, 2.24) is 5.32 Å². The number of carbonyl (C=O) groups excluding carboxylic acids is 1. The van der Waals surface area contributed by atoms with E-state index >= 15 is 0 Å². The SMILES string of the molecule is O=C(NCCSCc1ccc(C(=O)O)o1)OCc1ccccc1.